The molecule has 0 fully saturated rings. The van der Waals surface area contributed by atoms with Crippen LogP contribution < -0.4 is 4.90 Å². The number of amides is 1. The third-order valence-corrected chi connectivity index (χ3v) is 5.24. The first-order chi connectivity index (χ1) is 9.99. The molecule has 2 aromatic rings. The Labute approximate surface area is 133 Å². The summed E-state index contributed by atoms with van der Waals surface area (Å²) in [5, 5.41) is 5.31. The van der Waals surface area contributed by atoms with Gasteiger partial charge in [-0.05, 0) is 24.6 Å². The van der Waals surface area contributed by atoms with Crippen molar-refractivity contribution >= 4 is 35.1 Å². The van der Waals surface area contributed by atoms with Crippen molar-refractivity contribution in [1.29, 1.82) is 0 Å². The lowest BCUT2D eigenvalue weighted by Gasteiger charge is -2.17. The van der Waals surface area contributed by atoms with Gasteiger partial charge in [-0.25, -0.2) is 0 Å². The molecule has 1 aliphatic heterocycles. The number of anilines is 1. The van der Waals surface area contributed by atoms with Crippen molar-refractivity contribution in [2.75, 3.05) is 17.7 Å². The highest BCUT2D eigenvalue weighted by atomic mass is 35.5. The van der Waals surface area contributed by atoms with Crippen LogP contribution in [0.2, 0.25) is 5.02 Å². The van der Waals surface area contributed by atoms with E-state index in [0.29, 0.717) is 10.8 Å². The van der Waals surface area contributed by atoms with Crippen LogP contribution in [-0.4, -0.2) is 28.5 Å². The first-order valence-electron chi connectivity index (χ1n) is 6.66. The zero-order valence-electron chi connectivity index (χ0n) is 12.1. The molecule has 3 rings (SSSR count). The van der Waals surface area contributed by atoms with Crippen molar-refractivity contribution < 1.29 is 4.79 Å². The highest BCUT2D eigenvalue weighted by Gasteiger charge is 2.32. The van der Waals surface area contributed by atoms with Crippen molar-refractivity contribution in [2.45, 2.75) is 12.2 Å². The Morgan fingerprint density at radius 1 is 1.29 bits per heavy atom. The number of rotatable bonds is 1. The second-order valence-corrected chi connectivity index (χ2v) is 6.67. The number of aromatic nitrogens is 2. The molecule has 1 atom stereocenters. The molecule has 0 unspecified atom stereocenters. The Balaban J connectivity index is 2.17. The molecule has 0 radical (unpaired) electrons. The second-order valence-electron chi connectivity index (χ2n) is 5.14. The lowest BCUT2D eigenvalue weighted by atomic mass is 10.0. The van der Waals surface area contributed by atoms with Gasteiger partial charge in [0.15, 0.2) is 0 Å². The minimum absolute atomic E-state index is 0.0971. The van der Waals surface area contributed by atoms with Crippen LogP contribution in [0.25, 0.3) is 0 Å². The van der Waals surface area contributed by atoms with Crippen LogP contribution in [-0.2, 0) is 11.8 Å². The number of hydrogen-bond acceptors (Lipinski definition) is 3. The maximum atomic E-state index is 12.2. The molecule has 6 heteroatoms. The number of aryl methyl sites for hydroxylation is 2. The number of fused-ring (bicyclic) bond motifs is 1. The molecule has 0 N–H and O–H groups in total. The van der Waals surface area contributed by atoms with Gasteiger partial charge in [-0.2, -0.15) is 5.10 Å². The third kappa shape index (κ3) is 2.45. The zero-order valence-corrected chi connectivity index (χ0v) is 13.7. The van der Waals surface area contributed by atoms with Crippen molar-refractivity contribution in [3.8, 4) is 0 Å². The molecule has 1 amide bonds. The molecule has 0 saturated heterocycles. The summed E-state index contributed by atoms with van der Waals surface area (Å²) in [4.78, 5) is 13.9. The number of hydrogen-bond donors (Lipinski definition) is 0. The maximum Gasteiger partial charge on any atom is 0.237 e. The first-order valence-corrected chi connectivity index (χ1v) is 8.09. The molecule has 2 heterocycles. The van der Waals surface area contributed by atoms with Gasteiger partial charge >= 0.3 is 0 Å². The number of carbonyl (C=O) groups excluding carboxylic acids is 1. The molecule has 0 aliphatic carbocycles. The molecule has 1 aliphatic rings. The summed E-state index contributed by atoms with van der Waals surface area (Å²) in [7, 11) is 3.69. The summed E-state index contributed by atoms with van der Waals surface area (Å²) in [6.45, 7) is 1.99. The van der Waals surface area contributed by atoms with Gasteiger partial charge in [-0.3, -0.25) is 14.4 Å². The van der Waals surface area contributed by atoms with E-state index >= 15 is 0 Å². The fourth-order valence-electron chi connectivity index (χ4n) is 2.72. The van der Waals surface area contributed by atoms with Crippen molar-refractivity contribution in [3.05, 3.63) is 46.1 Å². The molecular weight excluding hydrogens is 306 g/mol. The van der Waals surface area contributed by atoms with E-state index < -0.39 is 0 Å². The van der Waals surface area contributed by atoms with E-state index in [1.54, 1.807) is 21.3 Å². The van der Waals surface area contributed by atoms with E-state index in [2.05, 4.69) is 5.10 Å². The third-order valence-electron chi connectivity index (χ3n) is 3.74. The monoisotopic (exact) mass is 321 g/mol. The number of benzene rings is 1. The van der Waals surface area contributed by atoms with E-state index in [1.807, 2.05) is 45.3 Å². The Kier molecular flexibility index (Phi) is 3.71. The van der Waals surface area contributed by atoms with Crippen molar-refractivity contribution in [1.82, 2.24) is 9.78 Å². The van der Waals surface area contributed by atoms with Crippen LogP contribution in [0.1, 0.15) is 22.1 Å². The van der Waals surface area contributed by atoms with E-state index in [4.69, 9.17) is 11.6 Å². The van der Waals surface area contributed by atoms with Crippen LogP contribution >= 0.6 is 23.4 Å². The first kappa shape index (κ1) is 14.5. The van der Waals surface area contributed by atoms with Crippen LogP contribution in [0, 0.1) is 6.92 Å². The van der Waals surface area contributed by atoms with E-state index in [-0.39, 0.29) is 11.2 Å². The fourth-order valence-corrected chi connectivity index (χ4v) is 4.14. The normalized spacial score (nSPS) is 18.6. The van der Waals surface area contributed by atoms with Gasteiger partial charge in [-0.1, -0.05) is 23.7 Å². The molecule has 4 nitrogen and oxygen atoms in total. The number of halogens is 1. The van der Waals surface area contributed by atoms with Gasteiger partial charge in [0.2, 0.25) is 5.91 Å². The highest BCUT2D eigenvalue weighted by Crippen LogP contribution is 2.44. The molecule has 1 aromatic heterocycles. The molecule has 1 aromatic carbocycles. The lowest BCUT2D eigenvalue weighted by Crippen LogP contribution is -2.29. The largest absolute Gasteiger partial charge is 0.299 e. The van der Waals surface area contributed by atoms with Crippen LogP contribution in [0.4, 0.5) is 5.82 Å². The van der Waals surface area contributed by atoms with Gasteiger partial charge in [0.25, 0.3) is 0 Å². The van der Waals surface area contributed by atoms with Gasteiger partial charge < -0.3 is 0 Å². The van der Waals surface area contributed by atoms with Gasteiger partial charge in [0.05, 0.1) is 16.7 Å². The predicted molar refractivity (Wildman–Crippen MR) is 87.1 cm³/mol. The van der Waals surface area contributed by atoms with Crippen molar-refractivity contribution in [2.24, 2.45) is 7.05 Å². The predicted octanol–water partition coefficient (Wildman–Crippen LogP) is 3.18. The summed E-state index contributed by atoms with van der Waals surface area (Å²) in [5.74, 6) is 1.43. The lowest BCUT2D eigenvalue weighted by molar-refractivity contribution is -0.115. The van der Waals surface area contributed by atoms with Gasteiger partial charge in [0.1, 0.15) is 5.82 Å². The fraction of sp³-hybridized carbons (Fsp3) is 0.333. The quantitative estimate of drug-likeness (QED) is 0.809. The minimum Gasteiger partial charge on any atom is -0.299 e. The van der Waals surface area contributed by atoms with Crippen LogP contribution in [0.5, 0.6) is 0 Å². The second kappa shape index (κ2) is 5.39. The molecule has 0 bridgehead atoms. The zero-order chi connectivity index (χ0) is 15.1. The SMILES string of the molecule is Cc1nn(C)c2c1[C@H](c1ccc(Cl)cc1)SCC(=O)N2C. The summed E-state index contributed by atoms with van der Waals surface area (Å²) in [6.07, 6.45) is 0. The van der Waals surface area contributed by atoms with Crippen LogP contribution in [0.15, 0.2) is 24.3 Å². The maximum absolute atomic E-state index is 12.2. The van der Waals surface area contributed by atoms with Gasteiger partial charge in [0, 0.05) is 24.7 Å². The average molecular weight is 322 g/mol. The molecular formula is C15H16ClN3OS. The van der Waals surface area contributed by atoms with Crippen molar-refractivity contribution in [3.63, 3.8) is 0 Å². The number of thioether (sulfide) groups is 1. The Morgan fingerprint density at radius 2 is 1.95 bits per heavy atom. The van der Waals surface area contributed by atoms with E-state index in [0.717, 1.165) is 22.6 Å². The topological polar surface area (TPSA) is 38.1 Å². The van der Waals surface area contributed by atoms with E-state index in [9.17, 15) is 4.79 Å². The Morgan fingerprint density at radius 3 is 2.62 bits per heavy atom. The average Bonchev–Trinajstić information content (AvgIpc) is 2.66. The van der Waals surface area contributed by atoms with Crippen LogP contribution in [0.3, 0.4) is 0 Å². The number of nitrogens with zero attached hydrogens (tertiary/aromatic N) is 3. The number of carbonyl (C=O) groups is 1. The molecule has 21 heavy (non-hydrogen) atoms. The van der Waals surface area contributed by atoms with Gasteiger partial charge in [-0.15, -0.1) is 11.8 Å². The smallest absolute Gasteiger partial charge is 0.237 e. The molecule has 110 valence electrons. The summed E-state index contributed by atoms with van der Waals surface area (Å²) >= 11 is 7.62. The Bertz CT molecular complexity index is 696. The highest BCUT2D eigenvalue weighted by molar-refractivity contribution is 8.00. The summed E-state index contributed by atoms with van der Waals surface area (Å²) in [6, 6.07) is 7.82. The Hall–Kier alpha value is -1.46. The molecule has 0 spiro atoms. The van der Waals surface area contributed by atoms with E-state index in [1.165, 1.54) is 0 Å². The molecule has 0 saturated carbocycles. The minimum atomic E-state index is 0.0971. The summed E-state index contributed by atoms with van der Waals surface area (Å²) in [5.41, 5.74) is 3.21. The summed E-state index contributed by atoms with van der Waals surface area (Å²) < 4.78 is 1.79. The standard InChI is InChI=1S/C15H16ClN3OS/c1-9-13-14(10-4-6-11(16)7-5-10)21-8-12(20)18(2)15(13)19(3)17-9/h4-7,14H,8H2,1-3H3/t14-/m0/s1.